The lowest BCUT2D eigenvalue weighted by Gasteiger charge is -2.04. The molecule has 0 aliphatic carbocycles. The van der Waals surface area contributed by atoms with Gasteiger partial charge in [-0.3, -0.25) is 4.79 Å². The molecule has 0 fully saturated rings. The van der Waals surface area contributed by atoms with Crippen molar-refractivity contribution in [1.29, 1.82) is 0 Å². The van der Waals surface area contributed by atoms with Crippen molar-refractivity contribution in [1.82, 2.24) is 4.98 Å². The molecule has 1 N–H and O–H groups in total. The summed E-state index contributed by atoms with van der Waals surface area (Å²) in [6.45, 7) is 4.07. The molecule has 0 radical (unpaired) electrons. The highest BCUT2D eigenvalue weighted by Crippen LogP contribution is 2.20. The number of rotatable bonds is 4. The van der Waals surface area contributed by atoms with Crippen LogP contribution in [0.5, 0.6) is 0 Å². The first-order chi connectivity index (χ1) is 10.0. The van der Waals surface area contributed by atoms with Crippen LogP contribution in [0.3, 0.4) is 0 Å². The fraction of sp³-hybridized carbons (Fsp3) is 0.267. The van der Waals surface area contributed by atoms with Gasteiger partial charge in [-0.15, -0.1) is 11.3 Å². The number of carbonyl (C=O) groups excluding carboxylic acids is 2. The van der Waals surface area contributed by atoms with Gasteiger partial charge in [0.05, 0.1) is 17.7 Å². The van der Waals surface area contributed by atoms with Crippen molar-refractivity contribution in [3.8, 4) is 0 Å². The van der Waals surface area contributed by atoms with Crippen molar-refractivity contribution in [2.75, 3.05) is 12.4 Å². The molecule has 0 saturated heterocycles. The maximum Gasteiger partial charge on any atom is 0.337 e. The van der Waals surface area contributed by atoms with Crippen LogP contribution in [-0.4, -0.2) is 24.0 Å². The summed E-state index contributed by atoms with van der Waals surface area (Å²) in [7, 11) is 1.33. The molecule has 0 bridgehead atoms. The van der Waals surface area contributed by atoms with Crippen LogP contribution >= 0.6 is 11.3 Å². The van der Waals surface area contributed by atoms with Crippen molar-refractivity contribution >= 4 is 28.9 Å². The summed E-state index contributed by atoms with van der Waals surface area (Å²) in [6, 6.07) is 6.50. The molecule has 0 aliphatic rings. The molecule has 0 saturated carbocycles. The number of nitrogens with zero attached hydrogens (tertiary/aromatic N) is 1. The highest BCUT2D eigenvalue weighted by atomic mass is 32.1. The summed E-state index contributed by atoms with van der Waals surface area (Å²) >= 11 is 1.47. The minimum atomic E-state index is -0.408. The first kappa shape index (κ1) is 15.2. The minimum absolute atomic E-state index is 0.260. The summed E-state index contributed by atoms with van der Waals surface area (Å²) in [6.07, 6.45) is 0. The Labute approximate surface area is 127 Å². The smallest absolute Gasteiger partial charge is 0.337 e. The lowest BCUT2D eigenvalue weighted by Crippen LogP contribution is -2.12. The average molecular weight is 304 g/mol. The third-order valence-electron chi connectivity index (χ3n) is 2.81. The highest BCUT2D eigenvalue weighted by Gasteiger charge is 2.13. The Morgan fingerprint density at radius 1 is 1.24 bits per heavy atom. The molecule has 1 amide bonds. The third kappa shape index (κ3) is 3.66. The predicted octanol–water partition coefficient (Wildman–Crippen LogP) is 3.31. The molecular formula is C15H16N2O3S. The van der Waals surface area contributed by atoms with E-state index in [1.165, 1.54) is 18.4 Å². The van der Waals surface area contributed by atoms with E-state index >= 15 is 0 Å². The van der Waals surface area contributed by atoms with Crippen molar-refractivity contribution in [3.05, 3.63) is 45.9 Å². The Morgan fingerprint density at radius 2 is 1.90 bits per heavy atom. The van der Waals surface area contributed by atoms with Gasteiger partial charge in [0, 0.05) is 17.0 Å². The van der Waals surface area contributed by atoms with Gasteiger partial charge in [-0.1, -0.05) is 13.8 Å². The van der Waals surface area contributed by atoms with Gasteiger partial charge in [0.25, 0.3) is 5.91 Å². The van der Waals surface area contributed by atoms with Gasteiger partial charge in [0.1, 0.15) is 5.69 Å². The van der Waals surface area contributed by atoms with Crippen molar-refractivity contribution in [2.24, 2.45) is 0 Å². The number of hydrogen-bond acceptors (Lipinski definition) is 5. The number of thiazole rings is 1. The molecule has 1 aromatic carbocycles. The molecule has 6 heteroatoms. The summed E-state index contributed by atoms with van der Waals surface area (Å²) in [5, 5.41) is 5.42. The quantitative estimate of drug-likeness (QED) is 0.880. The van der Waals surface area contributed by atoms with E-state index in [1.54, 1.807) is 29.6 Å². The van der Waals surface area contributed by atoms with E-state index in [-0.39, 0.29) is 5.91 Å². The third-order valence-corrected chi connectivity index (χ3v) is 3.96. The van der Waals surface area contributed by atoms with Crippen molar-refractivity contribution in [3.63, 3.8) is 0 Å². The van der Waals surface area contributed by atoms with Crippen LogP contribution in [0.1, 0.15) is 45.6 Å². The zero-order valence-electron chi connectivity index (χ0n) is 12.0. The molecule has 2 aromatic rings. The van der Waals surface area contributed by atoms with Crippen LogP contribution in [0.25, 0.3) is 0 Å². The summed E-state index contributed by atoms with van der Waals surface area (Å²) in [4.78, 5) is 27.7. The van der Waals surface area contributed by atoms with Gasteiger partial charge in [0.2, 0.25) is 0 Å². The summed E-state index contributed by atoms with van der Waals surface area (Å²) in [5.74, 6) is -0.367. The largest absolute Gasteiger partial charge is 0.465 e. The molecule has 0 aliphatic heterocycles. The molecular weight excluding hydrogens is 288 g/mol. The Hall–Kier alpha value is -2.21. The van der Waals surface area contributed by atoms with Crippen LogP contribution < -0.4 is 5.32 Å². The van der Waals surface area contributed by atoms with E-state index in [0.29, 0.717) is 22.9 Å². The number of anilines is 1. The van der Waals surface area contributed by atoms with E-state index in [0.717, 1.165) is 5.01 Å². The normalized spacial score (nSPS) is 10.5. The fourth-order valence-electron chi connectivity index (χ4n) is 1.66. The molecule has 5 nitrogen and oxygen atoms in total. The molecule has 1 heterocycles. The number of benzene rings is 1. The Kier molecular flexibility index (Phi) is 4.70. The Balaban J connectivity index is 2.06. The van der Waals surface area contributed by atoms with Gasteiger partial charge in [0.15, 0.2) is 0 Å². The van der Waals surface area contributed by atoms with E-state index < -0.39 is 5.97 Å². The summed E-state index contributed by atoms with van der Waals surface area (Å²) < 4.78 is 4.62. The van der Waals surface area contributed by atoms with Gasteiger partial charge < -0.3 is 10.1 Å². The maximum atomic E-state index is 12.1. The second kappa shape index (κ2) is 6.49. The van der Waals surface area contributed by atoms with Gasteiger partial charge >= 0.3 is 5.97 Å². The number of ether oxygens (including phenoxy) is 1. The van der Waals surface area contributed by atoms with Crippen LogP contribution in [0.15, 0.2) is 29.6 Å². The van der Waals surface area contributed by atoms with E-state index in [1.807, 2.05) is 13.8 Å². The lowest BCUT2D eigenvalue weighted by molar-refractivity contribution is 0.0600. The second-order valence-corrected chi connectivity index (χ2v) is 5.64. The Bertz CT molecular complexity index is 647. The minimum Gasteiger partial charge on any atom is -0.465 e. The van der Waals surface area contributed by atoms with Crippen LogP contribution in [0.4, 0.5) is 5.69 Å². The SMILES string of the molecule is COC(=O)c1ccc(NC(=O)c2csc(C(C)C)n2)cc1. The first-order valence-corrected chi connectivity index (χ1v) is 7.34. The number of nitrogens with one attached hydrogen (secondary N) is 1. The summed E-state index contributed by atoms with van der Waals surface area (Å²) in [5.41, 5.74) is 1.44. The average Bonchev–Trinajstić information content (AvgIpc) is 2.97. The first-order valence-electron chi connectivity index (χ1n) is 6.46. The highest BCUT2D eigenvalue weighted by molar-refractivity contribution is 7.09. The van der Waals surface area contributed by atoms with E-state index in [9.17, 15) is 9.59 Å². The second-order valence-electron chi connectivity index (χ2n) is 4.75. The topological polar surface area (TPSA) is 68.3 Å². The van der Waals surface area contributed by atoms with Crippen LogP contribution in [-0.2, 0) is 4.74 Å². The standard InChI is InChI=1S/C15H16N2O3S/c1-9(2)14-17-12(8-21-14)13(18)16-11-6-4-10(5-7-11)15(19)20-3/h4-9H,1-3H3,(H,16,18). The molecule has 2 rings (SSSR count). The molecule has 21 heavy (non-hydrogen) atoms. The zero-order valence-corrected chi connectivity index (χ0v) is 12.9. The predicted molar refractivity (Wildman–Crippen MR) is 81.9 cm³/mol. The fourth-order valence-corrected chi connectivity index (χ4v) is 2.48. The number of aromatic nitrogens is 1. The maximum absolute atomic E-state index is 12.1. The van der Waals surface area contributed by atoms with Gasteiger partial charge in [-0.05, 0) is 24.3 Å². The number of amides is 1. The number of esters is 1. The van der Waals surface area contributed by atoms with E-state index in [4.69, 9.17) is 0 Å². The molecule has 0 unspecified atom stereocenters. The van der Waals surface area contributed by atoms with Crippen molar-refractivity contribution < 1.29 is 14.3 Å². The molecule has 110 valence electrons. The Morgan fingerprint density at radius 3 is 2.43 bits per heavy atom. The van der Waals surface area contributed by atoms with E-state index in [2.05, 4.69) is 15.0 Å². The number of methoxy groups -OCH3 is 1. The van der Waals surface area contributed by atoms with Crippen molar-refractivity contribution in [2.45, 2.75) is 19.8 Å². The van der Waals surface area contributed by atoms with Gasteiger partial charge in [-0.2, -0.15) is 0 Å². The zero-order chi connectivity index (χ0) is 15.4. The molecule has 1 aromatic heterocycles. The molecule has 0 spiro atoms. The monoisotopic (exact) mass is 304 g/mol. The van der Waals surface area contributed by atoms with Gasteiger partial charge in [-0.25, -0.2) is 9.78 Å². The molecule has 0 atom stereocenters. The van der Waals surface area contributed by atoms with Crippen LogP contribution in [0, 0.1) is 0 Å². The number of carbonyl (C=O) groups is 2. The van der Waals surface area contributed by atoms with Crippen LogP contribution in [0.2, 0.25) is 0 Å². The lowest BCUT2D eigenvalue weighted by atomic mass is 10.2. The number of hydrogen-bond donors (Lipinski definition) is 1.